The molecule has 0 fully saturated rings. The molecule has 0 unspecified atom stereocenters. The summed E-state index contributed by atoms with van der Waals surface area (Å²) in [6, 6.07) is 27.7. The van der Waals surface area contributed by atoms with Gasteiger partial charge in [-0.25, -0.2) is 0 Å². The maximum Gasteiger partial charge on any atom is 0.125 e. The Labute approximate surface area is 170 Å². The number of fused-ring (bicyclic) bond motifs is 1. The van der Waals surface area contributed by atoms with E-state index in [0.717, 1.165) is 22.2 Å². The van der Waals surface area contributed by atoms with Crippen molar-refractivity contribution in [3.63, 3.8) is 0 Å². The van der Waals surface area contributed by atoms with E-state index < -0.39 is 0 Å². The molecule has 0 aliphatic rings. The van der Waals surface area contributed by atoms with Gasteiger partial charge in [0, 0.05) is 23.1 Å². The van der Waals surface area contributed by atoms with E-state index >= 15 is 0 Å². The zero-order valence-corrected chi connectivity index (χ0v) is 16.1. The Hall–Kier alpha value is -3.37. The second-order valence-electron chi connectivity index (χ2n) is 6.80. The quantitative estimate of drug-likeness (QED) is 0.467. The lowest BCUT2D eigenvalue weighted by molar-refractivity contribution is 0.256. The van der Waals surface area contributed by atoms with Crippen LogP contribution in [0.2, 0.25) is 0 Å². The summed E-state index contributed by atoms with van der Waals surface area (Å²) >= 11 is 0. The zero-order valence-electron chi connectivity index (χ0n) is 16.1. The molecule has 0 aliphatic heterocycles. The van der Waals surface area contributed by atoms with Crippen LogP contribution in [-0.4, -0.2) is 16.7 Å². The van der Waals surface area contributed by atoms with E-state index in [0.29, 0.717) is 36.7 Å². The van der Waals surface area contributed by atoms with Gasteiger partial charge in [0.15, 0.2) is 0 Å². The van der Waals surface area contributed by atoms with Crippen molar-refractivity contribution >= 4 is 10.9 Å². The number of aliphatic hydroxyl groups is 1. The topological polar surface area (TPSA) is 51.6 Å². The van der Waals surface area contributed by atoms with Crippen LogP contribution in [-0.2, 0) is 19.6 Å². The van der Waals surface area contributed by atoms with E-state index in [9.17, 15) is 5.11 Å². The molecule has 4 rings (SSSR count). The van der Waals surface area contributed by atoms with Gasteiger partial charge in [0.25, 0.3) is 0 Å². The van der Waals surface area contributed by atoms with Gasteiger partial charge in [0.2, 0.25) is 0 Å². The fourth-order valence-electron chi connectivity index (χ4n) is 3.17. The highest BCUT2D eigenvalue weighted by atomic mass is 16.5. The highest BCUT2D eigenvalue weighted by Crippen LogP contribution is 2.25. The molecule has 0 bridgehead atoms. The van der Waals surface area contributed by atoms with Crippen molar-refractivity contribution in [2.45, 2.75) is 19.6 Å². The first-order chi connectivity index (χ1) is 14.3. The van der Waals surface area contributed by atoms with Gasteiger partial charge in [-0.05, 0) is 35.9 Å². The van der Waals surface area contributed by atoms with Crippen LogP contribution in [0.25, 0.3) is 10.9 Å². The standard InChI is InChI=1S/C25H23NO3/c27-17-21-16-23(12-13-25(21)29-18-19-6-2-1-3-7-19)28-15-14-22-11-10-20-8-4-5-9-24(20)26-22/h1-13,16,27H,14-15,17-18H2. The van der Waals surface area contributed by atoms with E-state index in [2.05, 4.69) is 17.1 Å². The molecule has 0 amide bonds. The Morgan fingerprint density at radius 2 is 1.62 bits per heavy atom. The molecule has 4 nitrogen and oxygen atoms in total. The molecule has 29 heavy (non-hydrogen) atoms. The lowest BCUT2D eigenvalue weighted by Crippen LogP contribution is -2.04. The monoisotopic (exact) mass is 385 g/mol. The van der Waals surface area contributed by atoms with Crippen LogP contribution in [0.1, 0.15) is 16.8 Å². The van der Waals surface area contributed by atoms with Crippen LogP contribution in [0, 0.1) is 0 Å². The van der Waals surface area contributed by atoms with Crippen molar-refractivity contribution in [2.75, 3.05) is 6.61 Å². The van der Waals surface area contributed by atoms with Crippen molar-refractivity contribution < 1.29 is 14.6 Å². The van der Waals surface area contributed by atoms with Crippen LogP contribution < -0.4 is 9.47 Å². The van der Waals surface area contributed by atoms with Crippen molar-refractivity contribution in [2.24, 2.45) is 0 Å². The maximum absolute atomic E-state index is 9.70. The number of aliphatic hydroxyl groups excluding tert-OH is 1. The molecule has 1 N–H and O–H groups in total. The van der Waals surface area contributed by atoms with Crippen molar-refractivity contribution in [1.29, 1.82) is 0 Å². The third kappa shape index (κ3) is 4.92. The molecule has 4 heteroatoms. The molecule has 0 atom stereocenters. The molecule has 0 radical (unpaired) electrons. The van der Waals surface area contributed by atoms with Gasteiger partial charge in [0.05, 0.1) is 18.7 Å². The summed E-state index contributed by atoms with van der Waals surface area (Å²) in [5.74, 6) is 1.38. The van der Waals surface area contributed by atoms with Gasteiger partial charge in [-0.1, -0.05) is 54.6 Å². The van der Waals surface area contributed by atoms with E-state index in [1.165, 1.54) is 0 Å². The van der Waals surface area contributed by atoms with E-state index in [-0.39, 0.29) is 6.61 Å². The summed E-state index contributed by atoms with van der Waals surface area (Å²) in [6.45, 7) is 0.871. The van der Waals surface area contributed by atoms with E-state index in [1.807, 2.05) is 72.8 Å². The van der Waals surface area contributed by atoms with Crippen molar-refractivity contribution in [3.05, 3.63) is 102 Å². The summed E-state index contributed by atoms with van der Waals surface area (Å²) in [7, 11) is 0. The fourth-order valence-corrected chi connectivity index (χ4v) is 3.17. The lowest BCUT2D eigenvalue weighted by Gasteiger charge is -2.13. The number of pyridine rings is 1. The van der Waals surface area contributed by atoms with Crippen LogP contribution in [0.15, 0.2) is 84.9 Å². The number of rotatable bonds is 8. The minimum absolute atomic E-state index is 0.104. The Morgan fingerprint density at radius 1 is 0.793 bits per heavy atom. The van der Waals surface area contributed by atoms with Gasteiger partial charge < -0.3 is 14.6 Å². The minimum Gasteiger partial charge on any atom is -0.493 e. The zero-order chi connectivity index (χ0) is 19.9. The van der Waals surface area contributed by atoms with Gasteiger partial charge in [-0.2, -0.15) is 0 Å². The smallest absolute Gasteiger partial charge is 0.125 e. The first-order valence-corrected chi connectivity index (χ1v) is 9.70. The number of benzene rings is 3. The number of nitrogens with zero attached hydrogens (tertiary/aromatic N) is 1. The molecule has 1 aromatic heterocycles. The summed E-state index contributed by atoms with van der Waals surface area (Å²) < 4.78 is 11.7. The molecule has 3 aromatic carbocycles. The van der Waals surface area contributed by atoms with Crippen LogP contribution in [0.5, 0.6) is 11.5 Å². The highest BCUT2D eigenvalue weighted by molar-refractivity contribution is 5.78. The normalized spacial score (nSPS) is 10.8. The molecule has 146 valence electrons. The average Bonchev–Trinajstić information content (AvgIpc) is 2.78. The third-order valence-electron chi connectivity index (χ3n) is 4.72. The molecule has 0 saturated carbocycles. The highest BCUT2D eigenvalue weighted by Gasteiger charge is 2.07. The summed E-state index contributed by atoms with van der Waals surface area (Å²) in [5, 5.41) is 10.8. The Morgan fingerprint density at radius 3 is 2.48 bits per heavy atom. The number of hydrogen-bond acceptors (Lipinski definition) is 4. The molecule has 4 aromatic rings. The fraction of sp³-hybridized carbons (Fsp3) is 0.160. The minimum atomic E-state index is -0.104. The molecule has 1 heterocycles. The van der Waals surface area contributed by atoms with Crippen molar-refractivity contribution in [3.8, 4) is 11.5 Å². The molecule has 0 aliphatic carbocycles. The molecular formula is C25H23NO3. The first-order valence-electron chi connectivity index (χ1n) is 9.70. The second kappa shape index (κ2) is 9.22. The van der Waals surface area contributed by atoms with Crippen LogP contribution in [0.3, 0.4) is 0 Å². The van der Waals surface area contributed by atoms with Gasteiger partial charge in [-0.3, -0.25) is 4.98 Å². The Bertz CT molecular complexity index is 1080. The Kier molecular flexibility index (Phi) is 6.03. The van der Waals surface area contributed by atoms with Gasteiger partial charge >= 0.3 is 0 Å². The maximum atomic E-state index is 9.70. The lowest BCUT2D eigenvalue weighted by atomic mass is 10.2. The number of aromatic nitrogens is 1. The van der Waals surface area contributed by atoms with E-state index in [4.69, 9.17) is 9.47 Å². The van der Waals surface area contributed by atoms with Crippen LogP contribution >= 0.6 is 0 Å². The van der Waals surface area contributed by atoms with Crippen molar-refractivity contribution in [1.82, 2.24) is 4.98 Å². The number of hydrogen-bond donors (Lipinski definition) is 1. The molecular weight excluding hydrogens is 362 g/mol. The molecule has 0 spiro atoms. The Balaban J connectivity index is 1.35. The van der Waals surface area contributed by atoms with Gasteiger partial charge in [0.1, 0.15) is 18.1 Å². The number of para-hydroxylation sites is 1. The SMILES string of the molecule is OCc1cc(OCCc2ccc3ccccc3n2)ccc1OCc1ccccc1. The first kappa shape index (κ1) is 19.0. The second-order valence-corrected chi connectivity index (χ2v) is 6.80. The molecule has 0 saturated heterocycles. The van der Waals surface area contributed by atoms with E-state index in [1.54, 1.807) is 0 Å². The summed E-state index contributed by atoms with van der Waals surface area (Å²) in [5.41, 5.74) is 3.78. The largest absolute Gasteiger partial charge is 0.493 e. The van der Waals surface area contributed by atoms with Crippen LogP contribution in [0.4, 0.5) is 0 Å². The summed E-state index contributed by atoms with van der Waals surface area (Å²) in [4.78, 5) is 4.67. The average molecular weight is 385 g/mol. The number of ether oxygens (including phenoxy) is 2. The summed E-state index contributed by atoms with van der Waals surface area (Å²) in [6.07, 6.45) is 0.714. The third-order valence-corrected chi connectivity index (χ3v) is 4.72. The van der Waals surface area contributed by atoms with Gasteiger partial charge in [-0.15, -0.1) is 0 Å². The predicted molar refractivity (Wildman–Crippen MR) is 114 cm³/mol. The predicted octanol–water partition coefficient (Wildman–Crippen LogP) is 4.93.